The van der Waals surface area contributed by atoms with Gasteiger partial charge in [-0.3, -0.25) is 0 Å². The molecule has 9 heavy (non-hydrogen) atoms. The molecule has 0 aliphatic heterocycles. The van der Waals surface area contributed by atoms with E-state index in [1.54, 1.807) is 0 Å². The molecule has 1 aliphatic rings. The molecule has 0 heterocycles. The standard InChI is InChI=1S/C9H18/c1-4-9-6-7(2)5-8(9)3/h7-9H,4-6H2,1-3H3/t7-,8+,9+/m1/s1. The van der Waals surface area contributed by atoms with Gasteiger partial charge < -0.3 is 0 Å². The highest BCUT2D eigenvalue weighted by atomic mass is 14.3. The Kier molecular flexibility index (Phi) is 2.15. The van der Waals surface area contributed by atoms with E-state index >= 15 is 0 Å². The van der Waals surface area contributed by atoms with Gasteiger partial charge in [0.1, 0.15) is 0 Å². The van der Waals surface area contributed by atoms with Crippen molar-refractivity contribution in [1.82, 2.24) is 0 Å². The molecule has 0 N–H and O–H groups in total. The maximum absolute atomic E-state index is 2.40. The third-order valence-corrected chi connectivity index (χ3v) is 2.81. The maximum atomic E-state index is 2.40. The van der Waals surface area contributed by atoms with Crippen molar-refractivity contribution in [3.63, 3.8) is 0 Å². The van der Waals surface area contributed by atoms with E-state index in [0.29, 0.717) is 0 Å². The molecule has 0 amide bonds. The fourth-order valence-electron chi connectivity index (χ4n) is 2.24. The summed E-state index contributed by atoms with van der Waals surface area (Å²) in [6.45, 7) is 7.10. The molecule has 0 radical (unpaired) electrons. The first-order valence-electron chi connectivity index (χ1n) is 4.24. The second-order valence-corrected chi connectivity index (χ2v) is 3.72. The van der Waals surface area contributed by atoms with Gasteiger partial charge in [0.05, 0.1) is 0 Å². The van der Waals surface area contributed by atoms with E-state index < -0.39 is 0 Å². The lowest BCUT2D eigenvalue weighted by Crippen LogP contribution is -2.00. The summed E-state index contributed by atoms with van der Waals surface area (Å²) in [5, 5.41) is 0. The smallest absolute Gasteiger partial charge is 0.0388 e. The van der Waals surface area contributed by atoms with Gasteiger partial charge >= 0.3 is 0 Å². The monoisotopic (exact) mass is 126 g/mol. The van der Waals surface area contributed by atoms with Gasteiger partial charge in [0, 0.05) is 0 Å². The van der Waals surface area contributed by atoms with Gasteiger partial charge in [-0.1, -0.05) is 27.2 Å². The van der Waals surface area contributed by atoms with Crippen LogP contribution in [0.4, 0.5) is 0 Å². The normalized spacial score (nSPS) is 43.7. The predicted octanol–water partition coefficient (Wildman–Crippen LogP) is 3.08. The highest BCUT2D eigenvalue weighted by Crippen LogP contribution is 2.37. The van der Waals surface area contributed by atoms with E-state index in [9.17, 15) is 0 Å². The predicted molar refractivity (Wildman–Crippen MR) is 41.3 cm³/mol. The molecule has 0 aromatic heterocycles. The summed E-state index contributed by atoms with van der Waals surface area (Å²) in [6.07, 6.45) is 4.35. The Morgan fingerprint density at radius 1 is 1.22 bits per heavy atom. The number of rotatable bonds is 1. The van der Waals surface area contributed by atoms with Crippen molar-refractivity contribution in [3.05, 3.63) is 0 Å². The molecule has 1 fully saturated rings. The lowest BCUT2D eigenvalue weighted by Gasteiger charge is -2.10. The Morgan fingerprint density at radius 3 is 2.11 bits per heavy atom. The van der Waals surface area contributed by atoms with Crippen molar-refractivity contribution in [2.24, 2.45) is 17.8 Å². The van der Waals surface area contributed by atoms with Crippen LogP contribution in [0.3, 0.4) is 0 Å². The quantitative estimate of drug-likeness (QED) is 0.506. The van der Waals surface area contributed by atoms with Crippen LogP contribution in [-0.2, 0) is 0 Å². The minimum absolute atomic E-state index is 1.00. The third kappa shape index (κ3) is 1.47. The molecule has 0 unspecified atom stereocenters. The zero-order chi connectivity index (χ0) is 6.85. The molecule has 1 aliphatic carbocycles. The zero-order valence-electron chi connectivity index (χ0n) is 6.85. The van der Waals surface area contributed by atoms with E-state index in [1.165, 1.54) is 19.3 Å². The maximum Gasteiger partial charge on any atom is -0.0388 e. The lowest BCUT2D eigenvalue weighted by molar-refractivity contribution is 0.406. The van der Waals surface area contributed by atoms with Crippen molar-refractivity contribution < 1.29 is 0 Å². The summed E-state index contributed by atoms with van der Waals surface area (Å²) < 4.78 is 0. The van der Waals surface area contributed by atoms with Gasteiger partial charge in [0.15, 0.2) is 0 Å². The first kappa shape index (κ1) is 7.11. The molecule has 0 heteroatoms. The average Bonchev–Trinajstić information content (AvgIpc) is 2.10. The third-order valence-electron chi connectivity index (χ3n) is 2.81. The summed E-state index contributed by atoms with van der Waals surface area (Å²) in [7, 11) is 0. The Morgan fingerprint density at radius 2 is 1.89 bits per heavy atom. The van der Waals surface area contributed by atoms with Crippen molar-refractivity contribution >= 4 is 0 Å². The minimum atomic E-state index is 1.00. The van der Waals surface area contributed by atoms with Gasteiger partial charge in [-0.15, -0.1) is 0 Å². The first-order chi connectivity index (χ1) is 4.24. The highest BCUT2D eigenvalue weighted by Gasteiger charge is 2.26. The molecule has 1 saturated carbocycles. The summed E-state index contributed by atoms with van der Waals surface area (Å²) >= 11 is 0. The van der Waals surface area contributed by atoms with Gasteiger partial charge in [0.2, 0.25) is 0 Å². The highest BCUT2D eigenvalue weighted by molar-refractivity contribution is 4.77. The van der Waals surface area contributed by atoms with Crippen LogP contribution >= 0.6 is 0 Å². The lowest BCUT2D eigenvalue weighted by atomic mass is 9.96. The van der Waals surface area contributed by atoms with Crippen LogP contribution in [0.2, 0.25) is 0 Å². The molecular formula is C9H18. The molecule has 54 valence electrons. The topological polar surface area (TPSA) is 0 Å². The van der Waals surface area contributed by atoms with Crippen LogP contribution in [0.1, 0.15) is 40.0 Å². The first-order valence-corrected chi connectivity index (χ1v) is 4.24. The van der Waals surface area contributed by atoms with Gasteiger partial charge in [-0.05, 0) is 30.6 Å². The fourth-order valence-corrected chi connectivity index (χ4v) is 2.24. The van der Waals surface area contributed by atoms with Gasteiger partial charge in [-0.25, -0.2) is 0 Å². The second kappa shape index (κ2) is 2.72. The zero-order valence-corrected chi connectivity index (χ0v) is 6.85. The summed E-state index contributed by atoms with van der Waals surface area (Å²) in [6, 6.07) is 0. The molecule has 0 spiro atoms. The molecule has 0 aromatic rings. The minimum Gasteiger partial charge on any atom is -0.0651 e. The Balaban J connectivity index is 2.38. The molecule has 1 rings (SSSR count). The van der Waals surface area contributed by atoms with E-state index in [-0.39, 0.29) is 0 Å². The van der Waals surface area contributed by atoms with Crippen LogP contribution in [0.15, 0.2) is 0 Å². The molecule has 0 saturated heterocycles. The van der Waals surface area contributed by atoms with E-state index in [0.717, 1.165) is 17.8 Å². The van der Waals surface area contributed by atoms with E-state index in [2.05, 4.69) is 20.8 Å². The largest absolute Gasteiger partial charge is 0.0651 e. The average molecular weight is 126 g/mol. The Hall–Kier alpha value is 0. The number of hydrogen-bond donors (Lipinski definition) is 0. The van der Waals surface area contributed by atoms with E-state index in [1.807, 2.05) is 0 Å². The van der Waals surface area contributed by atoms with Crippen LogP contribution in [0, 0.1) is 17.8 Å². The SMILES string of the molecule is CC[C@H]1C[C@H](C)C[C@@H]1C. The van der Waals surface area contributed by atoms with Crippen LogP contribution in [-0.4, -0.2) is 0 Å². The van der Waals surface area contributed by atoms with Gasteiger partial charge in [-0.2, -0.15) is 0 Å². The number of hydrogen-bond acceptors (Lipinski definition) is 0. The van der Waals surface area contributed by atoms with Gasteiger partial charge in [0.25, 0.3) is 0 Å². The van der Waals surface area contributed by atoms with Crippen molar-refractivity contribution in [2.75, 3.05) is 0 Å². The van der Waals surface area contributed by atoms with Crippen LogP contribution in [0.25, 0.3) is 0 Å². The van der Waals surface area contributed by atoms with Crippen molar-refractivity contribution in [1.29, 1.82) is 0 Å². The summed E-state index contributed by atoms with van der Waals surface area (Å²) in [5.74, 6) is 3.05. The van der Waals surface area contributed by atoms with Crippen molar-refractivity contribution in [2.45, 2.75) is 40.0 Å². The fraction of sp³-hybridized carbons (Fsp3) is 1.00. The Bertz CT molecular complexity index is 86.0. The second-order valence-electron chi connectivity index (χ2n) is 3.72. The Labute approximate surface area is 58.7 Å². The van der Waals surface area contributed by atoms with Crippen molar-refractivity contribution in [3.8, 4) is 0 Å². The van der Waals surface area contributed by atoms with Crippen LogP contribution < -0.4 is 0 Å². The molecule has 0 bridgehead atoms. The van der Waals surface area contributed by atoms with E-state index in [4.69, 9.17) is 0 Å². The summed E-state index contributed by atoms with van der Waals surface area (Å²) in [5.41, 5.74) is 0. The molecule has 3 atom stereocenters. The molecular weight excluding hydrogens is 108 g/mol. The summed E-state index contributed by atoms with van der Waals surface area (Å²) in [4.78, 5) is 0. The molecule has 0 nitrogen and oxygen atoms in total. The molecule has 0 aromatic carbocycles. The van der Waals surface area contributed by atoms with Crippen LogP contribution in [0.5, 0.6) is 0 Å².